The van der Waals surface area contributed by atoms with Crippen LogP contribution >= 0.6 is 0 Å². The van der Waals surface area contributed by atoms with Crippen molar-refractivity contribution in [2.45, 2.75) is 37.8 Å². The molecule has 0 atom stereocenters. The van der Waals surface area contributed by atoms with Gasteiger partial charge in [-0.05, 0) is 37.8 Å². The highest BCUT2D eigenvalue weighted by Crippen LogP contribution is 2.24. The van der Waals surface area contributed by atoms with Crippen LogP contribution in [0, 0.1) is 0 Å². The number of carbonyl (C=O) groups excluding carboxylic acids is 1. The average molecular weight is 264 g/mol. The predicted octanol–water partition coefficient (Wildman–Crippen LogP) is 1.40. The Kier molecular flexibility index (Phi) is 4.27. The van der Waals surface area contributed by atoms with E-state index < -0.39 is 0 Å². The van der Waals surface area contributed by atoms with Crippen LogP contribution in [0.3, 0.4) is 0 Å². The predicted molar refractivity (Wildman–Crippen MR) is 72.4 cm³/mol. The number of ether oxygens (including phenoxy) is 1. The van der Waals surface area contributed by atoms with Gasteiger partial charge in [0, 0.05) is 18.2 Å². The fourth-order valence-electron chi connectivity index (χ4n) is 2.36. The van der Waals surface area contributed by atoms with Gasteiger partial charge in [-0.15, -0.1) is 0 Å². The summed E-state index contributed by atoms with van der Waals surface area (Å²) in [6.45, 7) is 0. The number of benzene rings is 1. The van der Waals surface area contributed by atoms with Crippen LogP contribution in [0.1, 0.15) is 36.0 Å². The van der Waals surface area contributed by atoms with Crippen molar-refractivity contribution in [2.24, 2.45) is 5.73 Å². The fourth-order valence-corrected chi connectivity index (χ4v) is 2.36. The van der Waals surface area contributed by atoms with Gasteiger partial charge in [-0.1, -0.05) is 0 Å². The Morgan fingerprint density at radius 3 is 2.63 bits per heavy atom. The minimum absolute atomic E-state index is 0.0654. The van der Waals surface area contributed by atoms with Gasteiger partial charge in [-0.3, -0.25) is 4.79 Å². The van der Waals surface area contributed by atoms with Crippen molar-refractivity contribution in [1.82, 2.24) is 5.32 Å². The summed E-state index contributed by atoms with van der Waals surface area (Å²) in [5.41, 5.74) is 6.10. The zero-order valence-corrected chi connectivity index (χ0v) is 11.1. The van der Waals surface area contributed by atoms with E-state index in [0.29, 0.717) is 5.75 Å². The SMILES string of the molecule is COc1ccc(C(=O)NC2CCC(N)CC2)c(O)c1. The van der Waals surface area contributed by atoms with Gasteiger partial charge >= 0.3 is 0 Å². The number of hydrogen-bond acceptors (Lipinski definition) is 4. The molecule has 0 aromatic heterocycles. The summed E-state index contributed by atoms with van der Waals surface area (Å²) in [5.74, 6) is 0.211. The molecule has 0 aliphatic heterocycles. The second-order valence-electron chi connectivity index (χ2n) is 4.97. The van der Waals surface area contributed by atoms with Crippen LogP contribution in [0.25, 0.3) is 0 Å². The first-order valence-corrected chi connectivity index (χ1v) is 6.53. The third-order valence-electron chi connectivity index (χ3n) is 3.56. The van der Waals surface area contributed by atoms with Gasteiger partial charge < -0.3 is 20.9 Å². The fraction of sp³-hybridized carbons (Fsp3) is 0.500. The molecule has 0 spiro atoms. The van der Waals surface area contributed by atoms with Crippen molar-refractivity contribution in [1.29, 1.82) is 0 Å². The summed E-state index contributed by atoms with van der Waals surface area (Å²) in [6.07, 6.45) is 3.65. The number of methoxy groups -OCH3 is 1. The zero-order valence-electron chi connectivity index (χ0n) is 11.1. The lowest BCUT2D eigenvalue weighted by molar-refractivity contribution is 0.0923. The number of rotatable bonds is 3. The molecule has 19 heavy (non-hydrogen) atoms. The van der Waals surface area contributed by atoms with Crippen LogP contribution in [0.4, 0.5) is 0 Å². The molecular formula is C14H20N2O3. The van der Waals surface area contributed by atoms with Gasteiger partial charge in [0.25, 0.3) is 5.91 Å². The van der Waals surface area contributed by atoms with Crippen molar-refractivity contribution in [3.63, 3.8) is 0 Å². The lowest BCUT2D eigenvalue weighted by Crippen LogP contribution is -2.40. The molecule has 1 amide bonds. The van der Waals surface area contributed by atoms with Crippen molar-refractivity contribution in [3.8, 4) is 11.5 Å². The van der Waals surface area contributed by atoms with Crippen molar-refractivity contribution in [3.05, 3.63) is 23.8 Å². The van der Waals surface area contributed by atoms with Crippen LogP contribution < -0.4 is 15.8 Å². The molecule has 5 heteroatoms. The number of carbonyl (C=O) groups is 1. The highest BCUT2D eigenvalue weighted by molar-refractivity contribution is 5.97. The number of phenols is 1. The van der Waals surface area contributed by atoms with E-state index in [2.05, 4.69) is 5.32 Å². The molecule has 0 radical (unpaired) electrons. The molecule has 5 nitrogen and oxygen atoms in total. The van der Waals surface area contributed by atoms with Gasteiger partial charge in [-0.25, -0.2) is 0 Å². The normalized spacial score (nSPS) is 22.8. The first kappa shape index (κ1) is 13.7. The molecule has 1 aliphatic rings. The molecule has 0 unspecified atom stereocenters. The molecule has 1 saturated carbocycles. The van der Waals surface area contributed by atoms with Crippen molar-refractivity contribution < 1.29 is 14.6 Å². The maximum Gasteiger partial charge on any atom is 0.255 e. The second-order valence-corrected chi connectivity index (χ2v) is 4.97. The van der Waals surface area contributed by atoms with E-state index in [1.165, 1.54) is 13.2 Å². The summed E-state index contributed by atoms with van der Waals surface area (Å²) < 4.78 is 4.99. The molecule has 1 aromatic rings. The molecule has 0 heterocycles. The number of nitrogens with one attached hydrogen (secondary N) is 1. The van der Waals surface area contributed by atoms with Gasteiger partial charge in [0.1, 0.15) is 11.5 Å². The lowest BCUT2D eigenvalue weighted by atomic mass is 9.91. The van der Waals surface area contributed by atoms with Crippen LogP contribution in [-0.4, -0.2) is 30.2 Å². The van der Waals surface area contributed by atoms with Gasteiger partial charge in [0.2, 0.25) is 0 Å². The molecule has 0 saturated heterocycles. The Hall–Kier alpha value is -1.75. The first-order chi connectivity index (χ1) is 9.10. The average Bonchev–Trinajstić information content (AvgIpc) is 2.41. The van der Waals surface area contributed by atoms with E-state index in [9.17, 15) is 9.90 Å². The topological polar surface area (TPSA) is 84.6 Å². The van der Waals surface area contributed by atoms with Crippen LogP contribution in [0.2, 0.25) is 0 Å². The Morgan fingerprint density at radius 1 is 1.37 bits per heavy atom. The largest absolute Gasteiger partial charge is 0.507 e. The Labute approximate surface area is 112 Å². The number of hydrogen-bond donors (Lipinski definition) is 3. The van der Waals surface area contributed by atoms with Crippen LogP contribution in [0.15, 0.2) is 18.2 Å². The number of aromatic hydroxyl groups is 1. The summed E-state index contributed by atoms with van der Waals surface area (Å²) in [6, 6.07) is 5.06. The second kappa shape index (κ2) is 5.93. The lowest BCUT2D eigenvalue weighted by Gasteiger charge is -2.26. The van der Waals surface area contributed by atoms with E-state index >= 15 is 0 Å². The van der Waals surface area contributed by atoms with E-state index in [1.807, 2.05) is 0 Å². The first-order valence-electron chi connectivity index (χ1n) is 6.53. The maximum absolute atomic E-state index is 12.1. The Bertz CT molecular complexity index is 454. The Morgan fingerprint density at radius 2 is 2.05 bits per heavy atom. The number of amides is 1. The van der Waals surface area contributed by atoms with E-state index in [4.69, 9.17) is 10.5 Å². The molecule has 0 bridgehead atoms. The van der Waals surface area contributed by atoms with E-state index in [-0.39, 0.29) is 29.3 Å². The highest BCUT2D eigenvalue weighted by Gasteiger charge is 2.21. The molecule has 104 valence electrons. The summed E-state index contributed by atoms with van der Waals surface area (Å²) in [7, 11) is 1.51. The minimum atomic E-state index is -0.249. The number of phenolic OH excluding ortho intramolecular Hbond substituents is 1. The third kappa shape index (κ3) is 3.38. The number of nitrogens with two attached hydrogens (primary N) is 1. The third-order valence-corrected chi connectivity index (χ3v) is 3.56. The molecule has 1 fully saturated rings. The highest BCUT2D eigenvalue weighted by atomic mass is 16.5. The standard InChI is InChI=1S/C14H20N2O3/c1-19-11-6-7-12(13(17)8-11)14(18)16-10-4-2-9(15)3-5-10/h6-10,17H,2-5,15H2,1H3,(H,16,18). The molecule has 1 aliphatic carbocycles. The molecule has 1 aromatic carbocycles. The zero-order chi connectivity index (χ0) is 13.8. The Balaban J connectivity index is 2.00. The van der Waals surface area contributed by atoms with Gasteiger partial charge in [0.05, 0.1) is 12.7 Å². The van der Waals surface area contributed by atoms with Crippen molar-refractivity contribution >= 4 is 5.91 Å². The quantitative estimate of drug-likeness (QED) is 0.770. The summed E-state index contributed by atoms with van der Waals surface area (Å²) in [4.78, 5) is 12.1. The summed E-state index contributed by atoms with van der Waals surface area (Å²) >= 11 is 0. The monoisotopic (exact) mass is 264 g/mol. The molecular weight excluding hydrogens is 244 g/mol. The van der Waals surface area contributed by atoms with Crippen molar-refractivity contribution in [2.75, 3.05) is 7.11 Å². The van der Waals surface area contributed by atoms with Gasteiger partial charge in [-0.2, -0.15) is 0 Å². The maximum atomic E-state index is 12.1. The van der Waals surface area contributed by atoms with E-state index in [1.54, 1.807) is 12.1 Å². The van der Waals surface area contributed by atoms with Gasteiger partial charge in [0.15, 0.2) is 0 Å². The smallest absolute Gasteiger partial charge is 0.255 e. The van der Waals surface area contributed by atoms with Crippen LogP contribution in [0.5, 0.6) is 11.5 Å². The van der Waals surface area contributed by atoms with E-state index in [0.717, 1.165) is 25.7 Å². The summed E-state index contributed by atoms with van der Waals surface area (Å²) in [5, 5.41) is 12.7. The van der Waals surface area contributed by atoms with Crippen LogP contribution in [-0.2, 0) is 0 Å². The molecule has 2 rings (SSSR count). The molecule has 4 N–H and O–H groups in total. The minimum Gasteiger partial charge on any atom is -0.507 e.